The number of ether oxygens (including phenoxy) is 1. The van der Waals surface area contributed by atoms with E-state index >= 15 is 0 Å². The van der Waals surface area contributed by atoms with Crippen molar-refractivity contribution in [3.8, 4) is 17.0 Å². The highest BCUT2D eigenvalue weighted by Gasteiger charge is 2.22. The summed E-state index contributed by atoms with van der Waals surface area (Å²) in [4.78, 5) is 16.5. The molecule has 3 aromatic rings. The smallest absolute Gasteiger partial charge is 0.260 e. The molecule has 4 rings (SSSR count). The molecule has 2 aromatic carbocycles. The minimum absolute atomic E-state index is 0.0127. The predicted molar refractivity (Wildman–Crippen MR) is 118 cm³/mol. The van der Waals surface area contributed by atoms with Crippen LogP contribution in [0.15, 0.2) is 60.7 Å². The van der Waals surface area contributed by atoms with Crippen LogP contribution in [0.5, 0.6) is 5.75 Å². The number of carbonyl (C=O) groups is 1. The molecule has 154 valence electrons. The highest BCUT2D eigenvalue weighted by Crippen LogP contribution is 2.20. The first-order chi connectivity index (χ1) is 14.6. The van der Waals surface area contributed by atoms with Crippen molar-refractivity contribution < 1.29 is 9.53 Å². The molecule has 1 saturated heterocycles. The van der Waals surface area contributed by atoms with Crippen molar-refractivity contribution in [1.82, 2.24) is 15.1 Å². The van der Waals surface area contributed by atoms with Gasteiger partial charge in [-0.05, 0) is 37.6 Å². The molecule has 0 unspecified atom stereocenters. The number of benzene rings is 2. The lowest BCUT2D eigenvalue weighted by molar-refractivity contribution is -0.133. The summed E-state index contributed by atoms with van der Waals surface area (Å²) in [6, 6.07) is 20.0. The Morgan fingerprint density at radius 2 is 1.63 bits per heavy atom. The minimum Gasteiger partial charge on any atom is -0.484 e. The van der Waals surface area contributed by atoms with Crippen molar-refractivity contribution in [3.63, 3.8) is 0 Å². The van der Waals surface area contributed by atoms with Gasteiger partial charge in [-0.25, -0.2) is 0 Å². The van der Waals surface area contributed by atoms with Crippen molar-refractivity contribution in [3.05, 3.63) is 71.8 Å². The maximum Gasteiger partial charge on any atom is 0.260 e. The van der Waals surface area contributed by atoms with Crippen LogP contribution in [-0.4, -0.2) is 53.8 Å². The zero-order valence-electron chi connectivity index (χ0n) is 17.4. The molecule has 0 spiro atoms. The van der Waals surface area contributed by atoms with E-state index in [1.807, 2.05) is 48.2 Å². The lowest BCUT2D eigenvalue weighted by Crippen LogP contribution is -2.50. The van der Waals surface area contributed by atoms with Gasteiger partial charge in [-0.1, -0.05) is 48.0 Å². The highest BCUT2D eigenvalue weighted by molar-refractivity contribution is 5.78. The van der Waals surface area contributed by atoms with Gasteiger partial charge in [-0.15, -0.1) is 10.2 Å². The quantitative estimate of drug-likeness (QED) is 0.654. The van der Waals surface area contributed by atoms with Crippen LogP contribution in [0.1, 0.15) is 11.1 Å². The molecule has 0 saturated carbocycles. The average molecular weight is 402 g/mol. The molecule has 2 heterocycles. The van der Waals surface area contributed by atoms with Crippen LogP contribution in [0.3, 0.4) is 0 Å². The Balaban J connectivity index is 1.30. The minimum atomic E-state index is 0.0127. The molecule has 30 heavy (non-hydrogen) atoms. The molecule has 1 aliphatic rings. The van der Waals surface area contributed by atoms with Crippen molar-refractivity contribution in [2.45, 2.75) is 13.8 Å². The second-order valence-corrected chi connectivity index (χ2v) is 7.56. The number of aryl methyl sites for hydroxylation is 2. The maximum atomic E-state index is 12.5. The standard InChI is InChI=1S/C24H26N4O2/c1-18-7-9-20(10-8-18)21-11-12-23(26-25-21)27-13-15-28(16-14-27)24(29)17-30-22-6-4-3-5-19(22)2/h3-12H,13-17H2,1-2H3. The van der Waals surface area contributed by atoms with Gasteiger partial charge in [0.05, 0.1) is 5.69 Å². The normalized spacial score (nSPS) is 13.9. The molecular formula is C24H26N4O2. The summed E-state index contributed by atoms with van der Waals surface area (Å²) in [5.74, 6) is 1.61. The van der Waals surface area contributed by atoms with E-state index in [1.54, 1.807) is 0 Å². The van der Waals surface area contributed by atoms with E-state index in [2.05, 4.69) is 46.3 Å². The Morgan fingerprint density at radius 3 is 2.30 bits per heavy atom. The highest BCUT2D eigenvalue weighted by atomic mass is 16.5. The fourth-order valence-electron chi connectivity index (χ4n) is 3.51. The second-order valence-electron chi connectivity index (χ2n) is 7.56. The molecule has 0 aliphatic carbocycles. The third-order valence-corrected chi connectivity index (χ3v) is 5.40. The molecule has 1 amide bonds. The topological polar surface area (TPSA) is 58.6 Å². The van der Waals surface area contributed by atoms with Gasteiger partial charge >= 0.3 is 0 Å². The van der Waals surface area contributed by atoms with Gasteiger partial charge in [0.1, 0.15) is 5.75 Å². The zero-order chi connectivity index (χ0) is 20.9. The first-order valence-electron chi connectivity index (χ1n) is 10.2. The molecule has 1 fully saturated rings. The van der Waals surface area contributed by atoms with E-state index in [1.165, 1.54) is 5.56 Å². The summed E-state index contributed by atoms with van der Waals surface area (Å²) in [5.41, 5.74) is 4.17. The third-order valence-electron chi connectivity index (χ3n) is 5.40. The van der Waals surface area contributed by atoms with E-state index < -0.39 is 0 Å². The monoisotopic (exact) mass is 402 g/mol. The van der Waals surface area contributed by atoms with Gasteiger partial charge in [0.2, 0.25) is 0 Å². The van der Waals surface area contributed by atoms with Gasteiger partial charge in [0, 0.05) is 31.7 Å². The first kappa shape index (κ1) is 19.9. The van der Waals surface area contributed by atoms with E-state index in [4.69, 9.17) is 4.74 Å². The maximum absolute atomic E-state index is 12.5. The average Bonchev–Trinajstić information content (AvgIpc) is 2.79. The molecule has 1 aromatic heterocycles. The van der Waals surface area contributed by atoms with Crippen LogP contribution < -0.4 is 9.64 Å². The second kappa shape index (κ2) is 8.95. The summed E-state index contributed by atoms with van der Waals surface area (Å²) >= 11 is 0. The molecule has 6 nitrogen and oxygen atoms in total. The number of rotatable bonds is 5. The molecule has 6 heteroatoms. The number of anilines is 1. The van der Waals surface area contributed by atoms with Crippen LogP contribution in [-0.2, 0) is 4.79 Å². The van der Waals surface area contributed by atoms with E-state index in [0.29, 0.717) is 13.1 Å². The number of amides is 1. The van der Waals surface area contributed by atoms with Gasteiger partial charge in [-0.3, -0.25) is 4.79 Å². The Hall–Kier alpha value is -3.41. The van der Waals surface area contributed by atoms with Crippen LogP contribution in [0.25, 0.3) is 11.3 Å². The van der Waals surface area contributed by atoms with Gasteiger partial charge in [0.25, 0.3) is 5.91 Å². The Kier molecular flexibility index (Phi) is 5.93. The number of carbonyl (C=O) groups excluding carboxylic acids is 1. The lowest BCUT2D eigenvalue weighted by atomic mass is 10.1. The fourth-order valence-corrected chi connectivity index (χ4v) is 3.51. The summed E-state index contributed by atoms with van der Waals surface area (Å²) in [5, 5.41) is 8.79. The Morgan fingerprint density at radius 1 is 0.900 bits per heavy atom. The number of aromatic nitrogens is 2. The summed E-state index contributed by atoms with van der Waals surface area (Å²) in [6.45, 7) is 6.87. The van der Waals surface area contributed by atoms with Crippen LogP contribution in [0, 0.1) is 13.8 Å². The molecule has 0 bridgehead atoms. The Bertz CT molecular complexity index is 994. The van der Waals surface area contributed by atoms with Crippen molar-refractivity contribution in [2.75, 3.05) is 37.7 Å². The Labute approximate surface area is 177 Å². The summed E-state index contributed by atoms with van der Waals surface area (Å²) < 4.78 is 5.70. The number of nitrogens with zero attached hydrogens (tertiary/aromatic N) is 4. The van der Waals surface area contributed by atoms with Crippen LogP contribution >= 0.6 is 0 Å². The van der Waals surface area contributed by atoms with Crippen LogP contribution in [0.2, 0.25) is 0 Å². The lowest BCUT2D eigenvalue weighted by Gasteiger charge is -2.35. The van der Waals surface area contributed by atoms with Gasteiger partial charge in [0.15, 0.2) is 12.4 Å². The third kappa shape index (κ3) is 4.59. The zero-order valence-corrected chi connectivity index (χ0v) is 17.4. The van der Waals surface area contributed by atoms with Gasteiger partial charge in [-0.2, -0.15) is 0 Å². The number of hydrogen-bond donors (Lipinski definition) is 0. The summed E-state index contributed by atoms with van der Waals surface area (Å²) in [6.07, 6.45) is 0. The van der Waals surface area contributed by atoms with Crippen molar-refractivity contribution in [1.29, 1.82) is 0 Å². The molecule has 0 N–H and O–H groups in total. The fraction of sp³-hybridized carbons (Fsp3) is 0.292. The largest absolute Gasteiger partial charge is 0.484 e. The number of hydrogen-bond acceptors (Lipinski definition) is 5. The van der Waals surface area contributed by atoms with E-state index in [0.717, 1.165) is 41.5 Å². The van der Waals surface area contributed by atoms with Crippen molar-refractivity contribution >= 4 is 11.7 Å². The number of para-hydroxylation sites is 1. The van der Waals surface area contributed by atoms with E-state index in [9.17, 15) is 4.79 Å². The van der Waals surface area contributed by atoms with Crippen molar-refractivity contribution in [2.24, 2.45) is 0 Å². The molecule has 0 radical (unpaired) electrons. The van der Waals surface area contributed by atoms with Gasteiger partial charge < -0.3 is 14.5 Å². The number of piperazine rings is 1. The molecular weight excluding hydrogens is 376 g/mol. The van der Waals surface area contributed by atoms with Crippen LogP contribution in [0.4, 0.5) is 5.82 Å². The molecule has 0 atom stereocenters. The summed E-state index contributed by atoms with van der Waals surface area (Å²) in [7, 11) is 0. The first-order valence-corrected chi connectivity index (χ1v) is 10.2. The molecule has 1 aliphatic heterocycles. The predicted octanol–water partition coefficient (Wildman–Crippen LogP) is 3.49. The van der Waals surface area contributed by atoms with E-state index in [-0.39, 0.29) is 12.5 Å². The SMILES string of the molecule is Cc1ccc(-c2ccc(N3CCN(C(=O)COc4ccccc4C)CC3)nn2)cc1.